The van der Waals surface area contributed by atoms with E-state index in [-0.39, 0.29) is 0 Å². The second-order valence-corrected chi connectivity index (χ2v) is 2.74. The average Bonchev–Trinajstić information content (AvgIpc) is 2.33. The van der Waals surface area contributed by atoms with E-state index in [1.807, 2.05) is 13.1 Å². The Morgan fingerprint density at radius 3 is 3.20 bits per heavy atom. The van der Waals surface area contributed by atoms with E-state index < -0.39 is 0 Å². The normalized spacial score (nSPS) is 15.3. The highest BCUT2D eigenvalue weighted by molar-refractivity contribution is 5.21. The fourth-order valence-corrected chi connectivity index (χ4v) is 1.41. The van der Waals surface area contributed by atoms with E-state index in [1.54, 1.807) is 0 Å². The van der Waals surface area contributed by atoms with Gasteiger partial charge in [-0.3, -0.25) is 0 Å². The predicted molar refractivity (Wildman–Crippen MR) is 38.8 cm³/mol. The number of hydrogen-bond acceptors (Lipinski definition) is 2. The summed E-state index contributed by atoms with van der Waals surface area (Å²) in [4.78, 5) is 8.48. The maximum Gasteiger partial charge on any atom is 0.125 e. The van der Waals surface area contributed by atoms with Gasteiger partial charge in [-0.25, -0.2) is 9.97 Å². The number of nitrogens with zero attached hydrogens (tertiary/aromatic N) is 2. The summed E-state index contributed by atoms with van der Waals surface area (Å²) in [5.41, 5.74) is 2.62. The highest BCUT2D eigenvalue weighted by atomic mass is 14.9. The van der Waals surface area contributed by atoms with Gasteiger partial charge in [0.2, 0.25) is 0 Å². The summed E-state index contributed by atoms with van der Waals surface area (Å²) in [7, 11) is 0. The SMILES string of the molecule is Cc1ncc2c(n1)CCC2. The Balaban J connectivity index is 2.52. The topological polar surface area (TPSA) is 25.8 Å². The van der Waals surface area contributed by atoms with Gasteiger partial charge < -0.3 is 0 Å². The number of aromatic nitrogens is 2. The van der Waals surface area contributed by atoms with Gasteiger partial charge in [-0.15, -0.1) is 0 Å². The molecule has 1 heterocycles. The summed E-state index contributed by atoms with van der Waals surface area (Å²) in [5, 5.41) is 0. The van der Waals surface area contributed by atoms with Crippen LogP contribution in [0.25, 0.3) is 0 Å². The molecular weight excluding hydrogens is 124 g/mol. The summed E-state index contributed by atoms with van der Waals surface area (Å²) < 4.78 is 0. The summed E-state index contributed by atoms with van der Waals surface area (Å²) in [6, 6.07) is 0. The Morgan fingerprint density at radius 2 is 2.30 bits per heavy atom. The zero-order valence-electron chi connectivity index (χ0n) is 6.09. The Labute approximate surface area is 60.3 Å². The second kappa shape index (κ2) is 2.04. The molecule has 0 radical (unpaired) electrons. The lowest BCUT2D eigenvalue weighted by atomic mass is 10.3. The van der Waals surface area contributed by atoms with E-state index in [0.29, 0.717) is 0 Å². The van der Waals surface area contributed by atoms with Crippen molar-refractivity contribution in [2.24, 2.45) is 0 Å². The van der Waals surface area contributed by atoms with Crippen LogP contribution in [0.15, 0.2) is 6.20 Å². The van der Waals surface area contributed by atoms with Crippen molar-refractivity contribution in [3.8, 4) is 0 Å². The zero-order chi connectivity index (χ0) is 6.97. The summed E-state index contributed by atoms with van der Waals surface area (Å²) in [5.74, 6) is 0.903. The van der Waals surface area contributed by atoms with Crippen LogP contribution in [0.5, 0.6) is 0 Å². The number of aryl methyl sites for hydroxylation is 3. The van der Waals surface area contributed by atoms with E-state index in [1.165, 1.54) is 24.1 Å². The predicted octanol–water partition coefficient (Wildman–Crippen LogP) is 1.27. The maximum atomic E-state index is 4.34. The fourth-order valence-electron chi connectivity index (χ4n) is 1.41. The molecule has 0 aliphatic heterocycles. The third-order valence-electron chi connectivity index (χ3n) is 1.93. The van der Waals surface area contributed by atoms with Crippen molar-refractivity contribution in [1.29, 1.82) is 0 Å². The molecule has 2 nitrogen and oxygen atoms in total. The molecule has 0 atom stereocenters. The lowest BCUT2D eigenvalue weighted by molar-refractivity contribution is 0.895. The summed E-state index contributed by atoms with van der Waals surface area (Å²) in [6.45, 7) is 1.94. The van der Waals surface area contributed by atoms with Gasteiger partial charge in [0, 0.05) is 11.9 Å². The molecule has 0 saturated heterocycles. The van der Waals surface area contributed by atoms with Crippen molar-refractivity contribution in [3.63, 3.8) is 0 Å². The molecule has 2 heteroatoms. The maximum absolute atomic E-state index is 4.34. The molecule has 0 saturated carbocycles. The Morgan fingerprint density at radius 1 is 1.40 bits per heavy atom. The lowest BCUT2D eigenvalue weighted by Gasteiger charge is -1.96. The van der Waals surface area contributed by atoms with Crippen LogP contribution in [0.1, 0.15) is 23.5 Å². The first-order chi connectivity index (χ1) is 4.86. The van der Waals surface area contributed by atoms with E-state index in [4.69, 9.17) is 0 Å². The van der Waals surface area contributed by atoms with Crippen LogP contribution >= 0.6 is 0 Å². The molecule has 0 aromatic carbocycles. The smallest absolute Gasteiger partial charge is 0.125 e. The monoisotopic (exact) mass is 134 g/mol. The van der Waals surface area contributed by atoms with Crippen molar-refractivity contribution in [2.75, 3.05) is 0 Å². The number of hydrogen-bond donors (Lipinski definition) is 0. The molecule has 2 rings (SSSR count). The van der Waals surface area contributed by atoms with Crippen LogP contribution in [-0.4, -0.2) is 9.97 Å². The van der Waals surface area contributed by atoms with Crippen LogP contribution in [-0.2, 0) is 12.8 Å². The summed E-state index contributed by atoms with van der Waals surface area (Å²) >= 11 is 0. The minimum atomic E-state index is 0.903. The molecule has 0 bridgehead atoms. The first-order valence-electron chi connectivity index (χ1n) is 3.67. The van der Waals surface area contributed by atoms with E-state index in [2.05, 4.69) is 9.97 Å². The highest BCUT2D eigenvalue weighted by Crippen LogP contribution is 2.17. The van der Waals surface area contributed by atoms with Gasteiger partial charge in [0.1, 0.15) is 5.82 Å². The molecule has 1 aliphatic rings. The molecule has 0 amide bonds. The minimum Gasteiger partial charge on any atom is -0.241 e. The van der Waals surface area contributed by atoms with Crippen molar-refractivity contribution >= 4 is 0 Å². The quantitative estimate of drug-likeness (QED) is 0.534. The van der Waals surface area contributed by atoms with Gasteiger partial charge in [0.05, 0.1) is 0 Å². The second-order valence-electron chi connectivity index (χ2n) is 2.74. The third-order valence-corrected chi connectivity index (χ3v) is 1.93. The fraction of sp³-hybridized carbons (Fsp3) is 0.500. The van der Waals surface area contributed by atoms with Gasteiger partial charge in [0.15, 0.2) is 0 Å². The Kier molecular flexibility index (Phi) is 1.19. The van der Waals surface area contributed by atoms with Gasteiger partial charge >= 0.3 is 0 Å². The molecule has 1 aliphatic carbocycles. The van der Waals surface area contributed by atoms with Crippen LogP contribution in [0, 0.1) is 6.92 Å². The first-order valence-corrected chi connectivity index (χ1v) is 3.67. The first kappa shape index (κ1) is 5.83. The van der Waals surface area contributed by atoms with Gasteiger partial charge in [-0.1, -0.05) is 0 Å². The Bertz CT molecular complexity index is 255. The highest BCUT2D eigenvalue weighted by Gasteiger charge is 2.11. The number of fused-ring (bicyclic) bond motifs is 1. The third kappa shape index (κ3) is 0.801. The molecule has 0 unspecified atom stereocenters. The van der Waals surface area contributed by atoms with Gasteiger partial charge in [-0.2, -0.15) is 0 Å². The van der Waals surface area contributed by atoms with Crippen LogP contribution < -0.4 is 0 Å². The van der Waals surface area contributed by atoms with E-state index in [0.717, 1.165) is 12.2 Å². The minimum absolute atomic E-state index is 0.903. The van der Waals surface area contributed by atoms with Gasteiger partial charge in [-0.05, 0) is 31.7 Å². The average molecular weight is 134 g/mol. The van der Waals surface area contributed by atoms with E-state index in [9.17, 15) is 0 Å². The Hall–Kier alpha value is -0.920. The molecule has 0 N–H and O–H groups in total. The standard InChI is InChI=1S/C8H10N2/c1-6-9-5-7-3-2-4-8(7)10-6/h5H,2-4H2,1H3. The van der Waals surface area contributed by atoms with E-state index >= 15 is 0 Å². The molecule has 52 valence electrons. The van der Waals surface area contributed by atoms with Crippen molar-refractivity contribution in [3.05, 3.63) is 23.3 Å². The molecule has 0 fully saturated rings. The zero-order valence-corrected chi connectivity index (χ0v) is 6.09. The lowest BCUT2D eigenvalue weighted by Crippen LogP contribution is -1.93. The molecule has 0 spiro atoms. The molecule has 1 aromatic heterocycles. The molecular formula is C8H10N2. The number of rotatable bonds is 0. The van der Waals surface area contributed by atoms with Crippen LogP contribution in [0.2, 0.25) is 0 Å². The van der Waals surface area contributed by atoms with Gasteiger partial charge in [0.25, 0.3) is 0 Å². The van der Waals surface area contributed by atoms with Crippen molar-refractivity contribution in [1.82, 2.24) is 9.97 Å². The van der Waals surface area contributed by atoms with Crippen LogP contribution in [0.4, 0.5) is 0 Å². The molecule has 1 aromatic rings. The van der Waals surface area contributed by atoms with Crippen molar-refractivity contribution < 1.29 is 0 Å². The summed E-state index contributed by atoms with van der Waals surface area (Å²) in [6.07, 6.45) is 5.55. The van der Waals surface area contributed by atoms with Crippen molar-refractivity contribution in [2.45, 2.75) is 26.2 Å². The largest absolute Gasteiger partial charge is 0.241 e. The van der Waals surface area contributed by atoms with Crippen LogP contribution in [0.3, 0.4) is 0 Å². The molecule has 10 heavy (non-hydrogen) atoms.